The van der Waals surface area contributed by atoms with Gasteiger partial charge in [-0.15, -0.1) is 0 Å². The number of rotatable bonds is 9. The van der Waals surface area contributed by atoms with Crippen LogP contribution in [0.25, 0.3) is 6.58 Å². The quantitative estimate of drug-likeness (QED) is 0.303. The molecule has 174 valence electrons. The van der Waals surface area contributed by atoms with Gasteiger partial charge in [-0.05, 0) is 102 Å². The summed E-state index contributed by atoms with van der Waals surface area (Å²) in [5, 5.41) is 2.14. The molecule has 1 aliphatic rings. The van der Waals surface area contributed by atoms with Gasteiger partial charge in [0, 0.05) is 15.9 Å². The number of fused-ring (bicyclic) bond motifs is 2. The van der Waals surface area contributed by atoms with Crippen molar-refractivity contribution in [3.8, 4) is 5.75 Å². The summed E-state index contributed by atoms with van der Waals surface area (Å²) in [5.74, 6) is 0.865. The van der Waals surface area contributed by atoms with E-state index in [2.05, 4.69) is 84.5 Å². The van der Waals surface area contributed by atoms with Gasteiger partial charge in [0.15, 0.2) is 0 Å². The molecule has 3 heteroatoms. The molecule has 3 rings (SSSR count). The van der Waals surface area contributed by atoms with E-state index in [4.69, 9.17) is 9.73 Å². The molecule has 0 unspecified atom stereocenters. The minimum atomic E-state index is 0.584. The van der Waals surface area contributed by atoms with Gasteiger partial charge in [-0.25, -0.2) is 4.99 Å². The minimum Gasteiger partial charge on any atom is -0.489 e. The average Bonchev–Trinajstić information content (AvgIpc) is 2.76. The van der Waals surface area contributed by atoms with Crippen molar-refractivity contribution in [2.75, 3.05) is 6.61 Å². The summed E-state index contributed by atoms with van der Waals surface area (Å²) in [6.07, 6.45) is 11.3. The second kappa shape index (κ2) is 11.6. The van der Waals surface area contributed by atoms with E-state index in [9.17, 15) is 0 Å². The number of hydrogen-bond donors (Lipinski definition) is 0. The van der Waals surface area contributed by atoms with E-state index in [0.717, 1.165) is 47.7 Å². The maximum atomic E-state index is 6.03. The topological polar surface area (TPSA) is 21.6 Å². The van der Waals surface area contributed by atoms with Crippen molar-refractivity contribution in [1.82, 2.24) is 0 Å². The molecule has 0 aliphatic carbocycles. The van der Waals surface area contributed by atoms with Crippen LogP contribution in [0.1, 0.15) is 64.5 Å². The molecule has 0 atom stereocenters. The van der Waals surface area contributed by atoms with Crippen molar-refractivity contribution in [2.24, 2.45) is 4.99 Å². The van der Waals surface area contributed by atoms with Crippen molar-refractivity contribution in [1.29, 1.82) is 0 Å². The molecule has 0 saturated heterocycles. The molecule has 0 aromatic heterocycles. The van der Waals surface area contributed by atoms with Crippen LogP contribution >= 0.6 is 11.8 Å². The van der Waals surface area contributed by atoms with Gasteiger partial charge in [-0.2, -0.15) is 0 Å². The van der Waals surface area contributed by atoms with Gasteiger partial charge in [-0.3, -0.25) is 0 Å². The standard InChI is InChI=1S/C30H37NOS/c1-20(2)10-8-11-21(3)12-9-13-22(4)16-17-32-26-14-15-28-27(19-26)31-29-24(6)18-23(5)25(7)30(29)33-28/h10,12,14-16,18-19H,5,8-9,11,13,17H2,1-4,6-7H3/b21-12+,22-16+. The van der Waals surface area contributed by atoms with E-state index in [0.29, 0.717) is 6.61 Å². The first-order valence-electron chi connectivity index (χ1n) is 11.8. The van der Waals surface area contributed by atoms with Crippen LogP contribution < -0.4 is 15.3 Å². The monoisotopic (exact) mass is 459 g/mol. The highest BCUT2D eigenvalue weighted by Crippen LogP contribution is 2.39. The number of aryl methyl sites for hydroxylation is 1. The van der Waals surface area contributed by atoms with Crippen LogP contribution in [0.5, 0.6) is 5.75 Å². The smallest absolute Gasteiger partial charge is 0.122 e. The van der Waals surface area contributed by atoms with E-state index >= 15 is 0 Å². The highest BCUT2D eigenvalue weighted by molar-refractivity contribution is 7.99. The second-order valence-corrected chi connectivity index (χ2v) is 10.3. The molecule has 0 saturated carbocycles. The Morgan fingerprint density at radius 3 is 2.39 bits per heavy atom. The molecule has 0 fully saturated rings. The second-order valence-electron chi connectivity index (χ2n) is 9.27. The van der Waals surface area contributed by atoms with E-state index in [1.165, 1.54) is 37.6 Å². The Labute approximate surface area is 203 Å². The lowest BCUT2D eigenvalue weighted by Crippen LogP contribution is -2.20. The van der Waals surface area contributed by atoms with Gasteiger partial charge in [0.05, 0.1) is 11.0 Å². The van der Waals surface area contributed by atoms with E-state index in [1.54, 1.807) is 11.8 Å². The Bertz CT molecular complexity index is 1210. The van der Waals surface area contributed by atoms with Gasteiger partial charge in [-0.1, -0.05) is 53.3 Å². The van der Waals surface area contributed by atoms with Crippen molar-refractivity contribution in [3.05, 3.63) is 80.9 Å². The molecule has 0 spiro atoms. The summed E-state index contributed by atoms with van der Waals surface area (Å²) < 4.78 is 6.03. The fourth-order valence-corrected chi connectivity index (χ4v) is 4.97. The van der Waals surface area contributed by atoms with Crippen molar-refractivity contribution in [3.63, 3.8) is 0 Å². The van der Waals surface area contributed by atoms with Gasteiger partial charge >= 0.3 is 0 Å². The molecular formula is C30H37NOS. The Morgan fingerprint density at radius 2 is 1.67 bits per heavy atom. The minimum absolute atomic E-state index is 0.584. The molecule has 33 heavy (non-hydrogen) atoms. The zero-order valence-electron chi connectivity index (χ0n) is 21.0. The van der Waals surface area contributed by atoms with Gasteiger partial charge in [0.25, 0.3) is 0 Å². The Kier molecular flexibility index (Phi) is 8.80. The zero-order chi connectivity index (χ0) is 24.0. The summed E-state index contributed by atoms with van der Waals surface area (Å²) in [5.41, 5.74) is 7.62. The SMILES string of the molecule is C=c1cc(C)c2c(c1C)Sc1ccc(OC/C=C(\C)CC/C=C(\C)CCC=C(C)C)cc1N=2. The van der Waals surface area contributed by atoms with Crippen LogP contribution in [-0.2, 0) is 0 Å². The first-order chi connectivity index (χ1) is 15.7. The van der Waals surface area contributed by atoms with E-state index in [-0.39, 0.29) is 0 Å². The molecule has 0 N–H and O–H groups in total. The lowest BCUT2D eigenvalue weighted by atomic mass is 10.1. The van der Waals surface area contributed by atoms with Crippen LogP contribution in [-0.4, -0.2) is 6.61 Å². The molecular weight excluding hydrogens is 422 g/mol. The summed E-state index contributed by atoms with van der Waals surface area (Å²) in [7, 11) is 0. The third-order valence-corrected chi connectivity index (χ3v) is 7.25. The molecule has 0 bridgehead atoms. The normalized spacial score (nSPS) is 13.2. The van der Waals surface area contributed by atoms with Crippen molar-refractivity contribution < 1.29 is 4.74 Å². The van der Waals surface area contributed by atoms with Crippen molar-refractivity contribution in [2.45, 2.75) is 77.0 Å². The van der Waals surface area contributed by atoms with E-state index < -0.39 is 0 Å². The van der Waals surface area contributed by atoms with Gasteiger partial charge in [0.1, 0.15) is 12.4 Å². The van der Waals surface area contributed by atoms with Crippen molar-refractivity contribution >= 4 is 24.0 Å². The number of ether oxygens (including phenoxy) is 1. The number of benzene rings is 2. The number of allylic oxidation sites excluding steroid dienone is 5. The summed E-state index contributed by atoms with van der Waals surface area (Å²) in [6, 6.07) is 8.34. The average molecular weight is 460 g/mol. The van der Waals surface area contributed by atoms with E-state index in [1.807, 2.05) is 6.07 Å². The van der Waals surface area contributed by atoms with Crippen LogP contribution in [0, 0.1) is 13.8 Å². The lowest BCUT2D eigenvalue weighted by molar-refractivity contribution is 0.361. The fraction of sp³-hybridized carbons (Fsp3) is 0.367. The molecule has 2 aromatic rings. The lowest BCUT2D eigenvalue weighted by Gasteiger charge is -2.17. The Hall–Kier alpha value is -2.52. The molecule has 2 nitrogen and oxygen atoms in total. The maximum absolute atomic E-state index is 6.03. The third kappa shape index (κ3) is 6.98. The van der Waals surface area contributed by atoms with Gasteiger partial charge in [0.2, 0.25) is 0 Å². The summed E-state index contributed by atoms with van der Waals surface area (Å²) >= 11 is 1.78. The first kappa shape index (κ1) is 25.1. The summed E-state index contributed by atoms with van der Waals surface area (Å²) in [4.78, 5) is 7.34. The Morgan fingerprint density at radius 1 is 0.970 bits per heavy atom. The van der Waals surface area contributed by atoms with Crippen LogP contribution in [0.3, 0.4) is 0 Å². The molecule has 1 heterocycles. The highest BCUT2D eigenvalue weighted by atomic mass is 32.2. The predicted octanol–water partition coefficient (Wildman–Crippen LogP) is 7.93. The largest absolute Gasteiger partial charge is 0.489 e. The number of nitrogens with zero attached hydrogens (tertiary/aromatic N) is 1. The first-order valence-corrected chi connectivity index (χ1v) is 12.6. The molecule has 0 amide bonds. The molecule has 0 radical (unpaired) electrons. The Balaban J connectivity index is 1.57. The van der Waals surface area contributed by atoms with Crippen LogP contribution in [0.4, 0.5) is 5.69 Å². The maximum Gasteiger partial charge on any atom is 0.122 e. The summed E-state index contributed by atoms with van der Waals surface area (Å²) in [6.45, 7) is 17.7. The fourth-order valence-electron chi connectivity index (χ4n) is 3.81. The van der Waals surface area contributed by atoms with Crippen LogP contribution in [0.2, 0.25) is 0 Å². The third-order valence-electron chi connectivity index (χ3n) is 5.98. The van der Waals surface area contributed by atoms with Crippen LogP contribution in [0.15, 0.2) is 74.0 Å². The highest BCUT2D eigenvalue weighted by Gasteiger charge is 2.16. The number of hydrogen-bond acceptors (Lipinski definition) is 3. The predicted molar refractivity (Wildman–Crippen MR) is 143 cm³/mol. The molecule has 2 aromatic carbocycles. The molecule has 1 aliphatic heterocycles. The van der Waals surface area contributed by atoms with Gasteiger partial charge < -0.3 is 4.74 Å². The zero-order valence-corrected chi connectivity index (χ0v) is 21.9.